The van der Waals surface area contributed by atoms with Crippen molar-refractivity contribution in [3.63, 3.8) is 0 Å². The lowest BCUT2D eigenvalue weighted by molar-refractivity contribution is 0.0109. The highest BCUT2D eigenvalue weighted by molar-refractivity contribution is 5.91. The first-order valence-corrected chi connectivity index (χ1v) is 17.3. The first kappa shape index (κ1) is 33.4. The fourth-order valence-electron chi connectivity index (χ4n) is 9.21. The third-order valence-electron chi connectivity index (χ3n) is 11.2. The maximum absolute atomic E-state index is 12.8. The van der Waals surface area contributed by atoms with E-state index in [1.165, 1.54) is 56.9 Å². The minimum absolute atomic E-state index is 0.0958. The Hall–Kier alpha value is -2.49. The van der Waals surface area contributed by atoms with E-state index in [4.69, 9.17) is 16.2 Å². The third-order valence-corrected chi connectivity index (χ3v) is 11.2. The Morgan fingerprint density at radius 3 is 2.40 bits per heavy atom. The van der Waals surface area contributed by atoms with Crippen LogP contribution in [-0.2, 0) is 4.74 Å². The van der Waals surface area contributed by atoms with Crippen LogP contribution >= 0.6 is 0 Å². The zero-order valence-corrected chi connectivity index (χ0v) is 28.2. The van der Waals surface area contributed by atoms with Crippen molar-refractivity contribution in [2.75, 3.05) is 11.5 Å². The maximum Gasteiger partial charge on any atom is 0.338 e. The molecule has 0 saturated heterocycles. The fourth-order valence-corrected chi connectivity index (χ4v) is 9.21. The number of hydrogen-bond acceptors (Lipinski definition) is 4. The van der Waals surface area contributed by atoms with Crippen molar-refractivity contribution in [1.29, 1.82) is 0 Å². The second-order valence-electron chi connectivity index (χ2n) is 15.1. The van der Waals surface area contributed by atoms with Crippen LogP contribution in [0.4, 0.5) is 11.4 Å². The number of fused-ring (bicyclic) bond motifs is 5. The molecule has 4 aliphatic carbocycles. The summed E-state index contributed by atoms with van der Waals surface area (Å²) in [4.78, 5) is 12.8. The summed E-state index contributed by atoms with van der Waals surface area (Å²) in [5.74, 6) is 4.77. The average molecular weight is 589 g/mol. The van der Waals surface area contributed by atoms with Gasteiger partial charge in [0.2, 0.25) is 0 Å². The summed E-state index contributed by atoms with van der Waals surface area (Å²) in [7, 11) is 0. The summed E-state index contributed by atoms with van der Waals surface area (Å²) < 4.78 is 5.92. The zero-order chi connectivity index (χ0) is 31.3. The molecule has 2 fully saturated rings. The van der Waals surface area contributed by atoms with E-state index in [0.29, 0.717) is 40.1 Å². The van der Waals surface area contributed by atoms with E-state index in [-0.39, 0.29) is 12.1 Å². The van der Waals surface area contributed by atoms with Crippen LogP contribution in [0.25, 0.3) is 0 Å². The van der Waals surface area contributed by atoms with Gasteiger partial charge in [-0.2, -0.15) is 0 Å². The number of ether oxygens (including phenoxy) is 1. The van der Waals surface area contributed by atoms with Gasteiger partial charge in [0, 0.05) is 23.7 Å². The van der Waals surface area contributed by atoms with E-state index in [0.717, 1.165) is 36.5 Å². The molecule has 4 heteroatoms. The van der Waals surface area contributed by atoms with Crippen molar-refractivity contribution in [3.05, 3.63) is 59.2 Å². The van der Waals surface area contributed by atoms with Crippen molar-refractivity contribution >= 4 is 17.3 Å². The molecular weight excluding hydrogens is 528 g/mol. The van der Waals surface area contributed by atoms with Crippen LogP contribution in [0.2, 0.25) is 0 Å². The van der Waals surface area contributed by atoms with E-state index in [1.54, 1.807) is 23.8 Å². The highest BCUT2D eigenvalue weighted by Gasteiger charge is 2.55. The van der Waals surface area contributed by atoms with E-state index >= 15 is 0 Å². The first-order valence-electron chi connectivity index (χ1n) is 17.3. The number of carbonyl (C=O) groups excluding carboxylic acids is 1. The summed E-state index contributed by atoms with van der Waals surface area (Å²) in [5, 5.41) is 0. The summed E-state index contributed by atoms with van der Waals surface area (Å²) >= 11 is 0. The van der Waals surface area contributed by atoms with Crippen molar-refractivity contribution in [1.82, 2.24) is 0 Å². The molecule has 0 bridgehead atoms. The van der Waals surface area contributed by atoms with Gasteiger partial charge in [-0.3, -0.25) is 0 Å². The molecule has 5 rings (SSSR count). The number of nitrogens with two attached hydrogens (primary N) is 2. The molecule has 0 aliphatic heterocycles. The minimum Gasteiger partial charge on any atom is -0.458 e. The number of anilines is 2. The molecule has 238 valence electrons. The molecule has 4 nitrogen and oxygen atoms in total. The van der Waals surface area contributed by atoms with Crippen molar-refractivity contribution < 1.29 is 9.53 Å². The average Bonchev–Trinajstić information content (AvgIpc) is 3.29. The maximum atomic E-state index is 12.8. The van der Waals surface area contributed by atoms with Gasteiger partial charge in [-0.1, -0.05) is 89.3 Å². The van der Waals surface area contributed by atoms with Gasteiger partial charge in [-0.15, -0.1) is 0 Å². The molecular formula is C39H60N2O2. The molecule has 2 saturated carbocycles. The molecule has 0 spiro atoms. The van der Waals surface area contributed by atoms with Crippen molar-refractivity contribution in [3.8, 4) is 0 Å². The van der Waals surface area contributed by atoms with Crippen LogP contribution in [0.3, 0.4) is 0 Å². The van der Waals surface area contributed by atoms with Crippen LogP contribution in [-0.4, -0.2) is 12.1 Å². The highest BCUT2D eigenvalue weighted by Crippen LogP contribution is 2.64. The largest absolute Gasteiger partial charge is 0.458 e. The predicted molar refractivity (Wildman–Crippen MR) is 183 cm³/mol. The Labute approximate surface area is 262 Å². The van der Waals surface area contributed by atoms with Crippen LogP contribution in [0.1, 0.15) is 123 Å². The minimum atomic E-state index is -0.327. The Bertz CT molecular complexity index is 1170. The van der Waals surface area contributed by atoms with Gasteiger partial charge in [0.05, 0.1) is 5.56 Å². The molecule has 4 aliphatic rings. The van der Waals surface area contributed by atoms with E-state index in [1.807, 2.05) is 0 Å². The van der Waals surface area contributed by atoms with Crippen molar-refractivity contribution in [2.45, 2.75) is 119 Å². The first-order chi connectivity index (χ1) is 20.4. The molecule has 0 amide bonds. The zero-order valence-electron chi connectivity index (χ0n) is 28.2. The van der Waals surface area contributed by atoms with Gasteiger partial charge < -0.3 is 16.2 Å². The Morgan fingerprint density at radius 1 is 1.05 bits per heavy atom. The van der Waals surface area contributed by atoms with Crippen LogP contribution in [0.5, 0.6) is 0 Å². The number of hydrogen-bond donors (Lipinski definition) is 2. The van der Waals surface area contributed by atoms with Gasteiger partial charge in [0.15, 0.2) is 0 Å². The lowest BCUT2D eigenvalue weighted by Crippen LogP contribution is -2.45. The number of nitrogen functional groups attached to an aromatic ring is 2. The van der Waals surface area contributed by atoms with Gasteiger partial charge in [0.1, 0.15) is 6.10 Å². The Morgan fingerprint density at radius 2 is 1.77 bits per heavy atom. The quantitative estimate of drug-likeness (QED) is 0.180. The van der Waals surface area contributed by atoms with Gasteiger partial charge in [0.25, 0.3) is 0 Å². The predicted octanol–water partition coefficient (Wildman–Crippen LogP) is 10.2. The van der Waals surface area contributed by atoms with Crippen LogP contribution < -0.4 is 11.5 Å². The fraction of sp³-hybridized carbons (Fsp3) is 0.667. The van der Waals surface area contributed by atoms with Gasteiger partial charge >= 0.3 is 5.97 Å². The highest BCUT2D eigenvalue weighted by atomic mass is 16.5. The lowest BCUT2D eigenvalue weighted by Gasteiger charge is -2.52. The number of benzene rings is 1. The summed E-state index contributed by atoms with van der Waals surface area (Å²) in [5.41, 5.74) is 16.7. The SMILES string of the molecule is CC(C)CCCC(C)C1CCC2C3C=CC4CC(OC(=O)c5cc(N)cc(N)c5)CC=C4C3CCC12C.CCC=C(C)C. The number of esters is 1. The second kappa shape index (κ2) is 14.5. The molecule has 8 unspecified atom stereocenters. The van der Waals surface area contributed by atoms with Crippen molar-refractivity contribution in [2.24, 2.45) is 46.8 Å². The Kier molecular flexibility index (Phi) is 11.3. The van der Waals surface area contributed by atoms with E-state index in [9.17, 15) is 4.79 Å². The third kappa shape index (κ3) is 7.97. The molecule has 43 heavy (non-hydrogen) atoms. The second-order valence-corrected chi connectivity index (χ2v) is 15.1. The van der Waals surface area contributed by atoms with Gasteiger partial charge in [-0.25, -0.2) is 4.79 Å². The molecule has 4 N–H and O–H groups in total. The van der Waals surface area contributed by atoms with Crippen LogP contribution in [0, 0.1) is 46.8 Å². The van der Waals surface area contributed by atoms with Gasteiger partial charge in [-0.05, 0) is 111 Å². The van der Waals surface area contributed by atoms with E-state index in [2.05, 4.69) is 72.8 Å². The number of carbonyl (C=O) groups is 1. The smallest absolute Gasteiger partial charge is 0.338 e. The molecule has 0 aromatic heterocycles. The summed E-state index contributed by atoms with van der Waals surface area (Å²) in [6.45, 7) is 16.3. The van der Waals surface area contributed by atoms with E-state index < -0.39 is 0 Å². The topological polar surface area (TPSA) is 78.3 Å². The molecule has 0 radical (unpaired) electrons. The Balaban J connectivity index is 0.000000641. The number of allylic oxidation sites excluding steroid dienone is 5. The summed E-state index contributed by atoms with van der Waals surface area (Å²) in [6, 6.07) is 4.95. The standard InChI is InChI=1S/C33H48N2O2.C6H12/c1-20(2)6-5-7-21(3)30-12-13-31-29-10-8-22-18-26(9-11-27(22)28(29)14-15-33(30,31)4)37-32(36)23-16-24(34)19-25(35)17-23;1-4-5-6(2)3/h8,10-11,16-17,19-22,26,28-31H,5-7,9,12-15,18,34-35H2,1-4H3;5H,4H2,1-3H3. The summed E-state index contributed by atoms with van der Waals surface area (Å²) in [6.07, 6.45) is 22.0. The monoisotopic (exact) mass is 588 g/mol. The molecule has 1 aromatic carbocycles. The molecule has 0 heterocycles. The lowest BCUT2D eigenvalue weighted by atomic mass is 9.52. The molecule has 8 atom stereocenters. The van der Waals surface area contributed by atoms with Crippen LogP contribution in [0.15, 0.2) is 53.6 Å². The normalized spacial score (nSPS) is 31.5. The number of rotatable bonds is 8. The molecule has 1 aromatic rings.